The second kappa shape index (κ2) is 3.17. The Hall–Kier alpha value is 0.01000. The number of benzene rings is 1. The van der Waals surface area contributed by atoms with Crippen molar-refractivity contribution in [3.05, 3.63) is 26.4 Å². The van der Waals surface area contributed by atoms with Crippen molar-refractivity contribution in [2.75, 3.05) is 0 Å². The molecule has 0 radical (unpaired) electrons. The highest BCUT2D eigenvalue weighted by Gasteiger charge is 2.13. The minimum Gasteiger partial charge on any atom is -0.504 e. The Morgan fingerprint density at radius 3 is 2.55 bits per heavy atom. The van der Waals surface area contributed by atoms with Gasteiger partial charge in [-0.1, -0.05) is 23.2 Å². The van der Waals surface area contributed by atoms with E-state index in [9.17, 15) is 4.39 Å². The topological polar surface area (TPSA) is 20.2 Å². The zero-order valence-corrected chi connectivity index (χ0v) is 8.13. The van der Waals surface area contributed by atoms with E-state index < -0.39 is 11.6 Å². The minimum absolute atomic E-state index is 0.0637. The van der Waals surface area contributed by atoms with E-state index >= 15 is 0 Å². The minimum atomic E-state index is -0.911. The molecule has 11 heavy (non-hydrogen) atoms. The summed E-state index contributed by atoms with van der Waals surface area (Å²) in [5.41, 5.74) is 0. The first-order valence-corrected chi connectivity index (χ1v) is 4.11. The van der Waals surface area contributed by atoms with E-state index in [2.05, 4.69) is 15.9 Å². The number of halogens is 4. The molecule has 1 rings (SSSR count). The number of aromatic hydroxyl groups is 1. The van der Waals surface area contributed by atoms with E-state index in [1.807, 2.05) is 0 Å². The number of rotatable bonds is 0. The fourth-order valence-corrected chi connectivity index (χ4v) is 1.43. The third-order valence-corrected chi connectivity index (χ3v) is 2.46. The highest BCUT2D eigenvalue weighted by Crippen LogP contribution is 2.36. The van der Waals surface area contributed by atoms with Crippen LogP contribution in [0.15, 0.2) is 10.5 Å². The summed E-state index contributed by atoms with van der Waals surface area (Å²) in [6, 6.07) is 1.32. The van der Waals surface area contributed by atoms with Gasteiger partial charge in [0.1, 0.15) is 0 Å². The van der Waals surface area contributed by atoms with E-state index in [0.717, 1.165) is 0 Å². The first kappa shape index (κ1) is 9.10. The van der Waals surface area contributed by atoms with Crippen LogP contribution in [0.25, 0.3) is 0 Å². The maximum atomic E-state index is 12.8. The van der Waals surface area contributed by atoms with Crippen molar-refractivity contribution in [2.24, 2.45) is 0 Å². The van der Waals surface area contributed by atoms with Crippen molar-refractivity contribution in [1.29, 1.82) is 0 Å². The van der Waals surface area contributed by atoms with Crippen molar-refractivity contribution in [1.82, 2.24) is 0 Å². The third-order valence-electron chi connectivity index (χ3n) is 1.09. The standard InChI is InChI=1S/C6H2BrCl2FO/c7-2-1-3(8)4(9)5(10)6(2)11/h1,11H. The van der Waals surface area contributed by atoms with E-state index in [1.165, 1.54) is 6.07 Å². The summed E-state index contributed by atoms with van der Waals surface area (Å²) in [6.07, 6.45) is 0. The lowest BCUT2D eigenvalue weighted by Crippen LogP contribution is -1.81. The fraction of sp³-hybridized carbons (Fsp3) is 0. The van der Waals surface area contributed by atoms with Gasteiger partial charge in [-0.25, -0.2) is 4.39 Å². The summed E-state index contributed by atoms with van der Waals surface area (Å²) < 4.78 is 12.9. The average Bonchev–Trinajstić information content (AvgIpc) is 1.97. The molecule has 0 aliphatic carbocycles. The van der Waals surface area contributed by atoms with Gasteiger partial charge in [-0.3, -0.25) is 0 Å². The van der Waals surface area contributed by atoms with E-state index in [1.54, 1.807) is 0 Å². The molecule has 1 N–H and O–H groups in total. The SMILES string of the molecule is Oc1c(Br)cc(Cl)c(Cl)c1F. The van der Waals surface area contributed by atoms with Gasteiger partial charge < -0.3 is 5.11 Å². The molecule has 0 saturated heterocycles. The molecule has 0 amide bonds. The third kappa shape index (κ3) is 1.60. The van der Waals surface area contributed by atoms with Crippen LogP contribution >= 0.6 is 39.1 Å². The average molecular weight is 260 g/mol. The quantitative estimate of drug-likeness (QED) is 0.558. The van der Waals surface area contributed by atoms with Crippen LogP contribution in [-0.4, -0.2) is 5.11 Å². The summed E-state index contributed by atoms with van der Waals surface area (Å²) in [6.45, 7) is 0. The molecule has 0 spiro atoms. The van der Waals surface area contributed by atoms with Gasteiger partial charge in [0.05, 0.1) is 14.5 Å². The first-order valence-electron chi connectivity index (χ1n) is 2.56. The predicted octanol–water partition coefficient (Wildman–Crippen LogP) is 3.60. The summed E-state index contributed by atoms with van der Waals surface area (Å²) in [4.78, 5) is 0. The fourth-order valence-electron chi connectivity index (χ4n) is 0.557. The van der Waals surface area contributed by atoms with Gasteiger partial charge >= 0.3 is 0 Å². The van der Waals surface area contributed by atoms with Crippen molar-refractivity contribution < 1.29 is 9.50 Å². The van der Waals surface area contributed by atoms with Crippen molar-refractivity contribution >= 4 is 39.1 Å². The second-order valence-corrected chi connectivity index (χ2v) is 3.46. The Morgan fingerprint density at radius 1 is 1.45 bits per heavy atom. The summed E-state index contributed by atoms with van der Waals surface area (Å²) >= 11 is 13.7. The van der Waals surface area contributed by atoms with Gasteiger partial charge in [0.15, 0.2) is 11.6 Å². The maximum absolute atomic E-state index is 12.8. The molecule has 0 aliphatic heterocycles. The molecule has 1 aromatic carbocycles. The molecule has 0 bridgehead atoms. The number of phenols is 1. The molecule has 0 atom stereocenters. The van der Waals surface area contributed by atoms with Crippen LogP contribution in [0, 0.1) is 5.82 Å². The highest BCUT2D eigenvalue weighted by atomic mass is 79.9. The number of hydrogen-bond donors (Lipinski definition) is 1. The zero-order chi connectivity index (χ0) is 8.59. The second-order valence-electron chi connectivity index (χ2n) is 1.82. The Labute approximate surface area is 80.9 Å². The van der Waals surface area contributed by atoms with Crippen LogP contribution in [0.4, 0.5) is 4.39 Å². The van der Waals surface area contributed by atoms with Crippen molar-refractivity contribution in [2.45, 2.75) is 0 Å². The van der Waals surface area contributed by atoms with Gasteiger partial charge in [0.2, 0.25) is 0 Å². The smallest absolute Gasteiger partial charge is 0.186 e. The largest absolute Gasteiger partial charge is 0.504 e. The number of phenolic OH excluding ortho intramolecular Hbond substituents is 1. The van der Waals surface area contributed by atoms with Crippen LogP contribution in [0.5, 0.6) is 5.75 Å². The van der Waals surface area contributed by atoms with Crippen molar-refractivity contribution in [3.63, 3.8) is 0 Å². The monoisotopic (exact) mass is 258 g/mol. The van der Waals surface area contributed by atoms with Gasteiger partial charge in [0.25, 0.3) is 0 Å². The highest BCUT2D eigenvalue weighted by molar-refractivity contribution is 9.10. The van der Waals surface area contributed by atoms with Gasteiger partial charge in [0, 0.05) is 0 Å². The van der Waals surface area contributed by atoms with Crippen LogP contribution in [0.1, 0.15) is 0 Å². The summed E-state index contributed by atoms with van der Waals surface area (Å²) in [7, 11) is 0. The van der Waals surface area contributed by atoms with Gasteiger partial charge in [-0.2, -0.15) is 0 Å². The molecule has 0 aliphatic rings. The Balaban J connectivity index is 3.46. The Bertz CT molecular complexity index is 277. The van der Waals surface area contributed by atoms with Crippen LogP contribution in [0.3, 0.4) is 0 Å². The summed E-state index contributed by atoms with van der Waals surface area (Å²) in [5.74, 6) is -1.44. The Morgan fingerprint density at radius 2 is 2.00 bits per heavy atom. The van der Waals surface area contributed by atoms with E-state index in [-0.39, 0.29) is 14.5 Å². The Kier molecular flexibility index (Phi) is 2.62. The molecular weight excluding hydrogens is 258 g/mol. The zero-order valence-electron chi connectivity index (χ0n) is 5.04. The van der Waals surface area contributed by atoms with Gasteiger partial charge in [-0.15, -0.1) is 0 Å². The van der Waals surface area contributed by atoms with Gasteiger partial charge in [-0.05, 0) is 22.0 Å². The molecule has 60 valence electrons. The molecule has 0 saturated carbocycles. The van der Waals surface area contributed by atoms with Crippen molar-refractivity contribution in [3.8, 4) is 5.75 Å². The van der Waals surface area contributed by atoms with Crippen LogP contribution < -0.4 is 0 Å². The van der Waals surface area contributed by atoms with E-state index in [4.69, 9.17) is 28.3 Å². The molecule has 5 heteroatoms. The van der Waals surface area contributed by atoms with Crippen LogP contribution in [-0.2, 0) is 0 Å². The molecule has 1 nitrogen and oxygen atoms in total. The van der Waals surface area contributed by atoms with E-state index in [0.29, 0.717) is 0 Å². The molecule has 1 aromatic rings. The lowest BCUT2D eigenvalue weighted by molar-refractivity contribution is 0.429. The van der Waals surface area contributed by atoms with Crippen LogP contribution in [0.2, 0.25) is 10.0 Å². The molecule has 0 fully saturated rings. The molecule has 0 heterocycles. The maximum Gasteiger partial charge on any atom is 0.186 e. The lowest BCUT2D eigenvalue weighted by Gasteiger charge is -2.01. The number of hydrogen-bond acceptors (Lipinski definition) is 1. The predicted molar refractivity (Wildman–Crippen MR) is 45.8 cm³/mol. The molecule has 0 aromatic heterocycles. The molecule has 0 unspecified atom stereocenters. The summed E-state index contributed by atoms with van der Waals surface area (Å²) in [5, 5.41) is 8.74. The lowest BCUT2D eigenvalue weighted by atomic mass is 10.3. The molecular formula is C6H2BrCl2FO. The normalized spacial score (nSPS) is 10.2. The first-order chi connectivity index (χ1) is 5.04.